The van der Waals surface area contributed by atoms with Crippen LogP contribution in [0.15, 0.2) is 28.7 Å². The Balaban J connectivity index is 2.34. The van der Waals surface area contributed by atoms with Gasteiger partial charge in [-0.3, -0.25) is 4.90 Å². The van der Waals surface area contributed by atoms with Crippen molar-refractivity contribution in [3.8, 4) is 5.75 Å². The molecule has 0 saturated heterocycles. The maximum atomic E-state index is 5.80. The predicted molar refractivity (Wildman–Crippen MR) is 89.5 cm³/mol. The third-order valence-electron chi connectivity index (χ3n) is 2.98. The average Bonchev–Trinajstić information content (AvgIpc) is 2.37. The molecule has 1 aromatic carbocycles. The Morgan fingerprint density at radius 1 is 1.05 bits per heavy atom. The monoisotopic (exact) mass is 342 g/mol. The molecule has 0 heterocycles. The summed E-state index contributed by atoms with van der Waals surface area (Å²) in [7, 11) is 4.23. The summed E-state index contributed by atoms with van der Waals surface area (Å²) in [5.74, 6) is 1.62. The quantitative estimate of drug-likeness (QED) is 0.684. The smallest absolute Gasteiger partial charge is 0.119 e. The fourth-order valence-electron chi connectivity index (χ4n) is 1.98. The first kappa shape index (κ1) is 17.5. The minimum Gasteiger partial charge on any atom is -0.492 e. The lowest BCUT2D eigenvalue weighted by molar-refractivity contribution is 0.179. The van der Waals surface area contributed by atoms with E-state index in [1.807, 2.05) is 24.3 Å². The number of rotatable bonds is 9. The van der Waals surface area contributed by atoms with Crippen molar-refractivity contribution in [3.63, 3.8) is 0 Å². The highest BCUT2D eigenvalue weighted by molar-refractivity contribution is 9.10. The van der Waals surface area contributed by atoms with Gasteiger partial charge in [0.05, 0.1) is 0 Å². The van der Waals surface area contributed by atoms with E-state index in [0.717, 1.165) is 43.0 Å². The van der Waals surface area contributed by atoms with Crippen molar-refractivity contribution in [2.24, 2.45) is 5.92 Å². The fraction of sp³-hybridized carbons (Fsp3) is 0.625. The normalized spacial score (nSPS) is 11.6. The summed E-state index contributed by atoms with van der Waals surface area (Å²) in [6.07, 6.45) is 0. The average molecular weight is 343 g/mol. The molecule has 0 unspecified atom stereocenters. The van der Waals surface area contributed by atoms with Crippen LogP contribution in [0.1, 0.15) is 13.8 Å². The van der Waals surface area contributed by atoms with Crippen molar-refractivity contribution < 1.29 is 4.74 Å². The van der Waals surface area contributed by atoms with Crippen LogP contribution in [-0.4, -0.2) is 56.7 Å². The second-order valence-electron chi connectivity index (χ2n) is 5.80. The molecule has 3 nitrogen and oxygen atoms in total. The summed E-state index contributed by atoms with van der Waals surface area (Å²) < 4.78 is 6.88. The van der Waals surface area contributed by atoms with E-state index in [9.17, 15) is 0 Å². The van der Waals surface area contributed by atoms with Gasteiger partial charge in [0.1, 0.15) is 12.4 Å². The molecular formula is C16H27BrN2O. The van der Waals surface area contributed by atoms with Crippen molar-refractivity contribution in [2.75, 3.05) is 46.9 Å². The second kappa shape index (κ2) is 9.37. The van der Waals surface area contributed by atoms with Crippen LogP contribution in [0.2, 0.25) is 0 Å². The van der Waals surface area contributed by atoms with Crippen molar-refractivity contribution in [1.29, 1.82) is 0 Å². The number of likely N-dealkylation sites (N-methyl/N-ethyl adjacent to an activating group) is 1. The highest BCUT2D eigenvalue weighted by atomic mass is 79.9. The lowest BCUT2D eigenvalue weighted by atomic mass is 10.2. The minimum atomic E-state index is 0.685. The fourth-order valence-corrected chi connectivity index (χ4v) is 2.24. The molecule has 0 bridgehead atoms. The molecule has 0 spiro atoms. The van der Waals surface area contributed by atoms with Crippen LogP contribution in [0.25, 0.3) is 0 Å². The van der Waals surface area contributed by atoms with Crippen molar-refractivity contribution in [3.05, 3.63) is 28.7 Å². The van der Waals surface area contributed by atoms with Crippen LogP contribution in [-0.2, 0) is 0 Å². The van der Waals surface area contributed by atoms with E-state index in [0.29, 0.717) is 5.92 Å². The Morgan fingerprint density at radius 3 is 2.25 bits per heavy atom. The highest BCUT2D eigenvalue weighted by Crippen LogP contribution is 2.16. The van der Waals surface area contributed by atoms with Gasteiger partial charge in [-0.15, -0.1) is 0 Å². The Morgan fingerprint density at radius 2 is 1.70 bits per heavy atom. The standard InChI is InChI=1S/C16H27BrN2O/c1-14(2)13-19(10-9-18(3)4)11-12-20-16-7-5-15(17)6-8-16/h5-8,14H,9-13H2,1-4H3. The number of hydrogen-bond acceptors (Lipinski definition) is 3. The van der Waals surface area contributed by atoms with Gasteiger partial charge in [0.25, 0.3) is 0 Å². The van der Waals surface area contributed by atoms with Crippen LogP contribution in [0.3, 0.4) is 0 Å². The van der Waals surface area contributed by atoms with Gasteiger partial charge in [-0.1, -0.05) is 29.8 Å². The van der Waals surface area contributed by atoms with Crippen LogP contribution < -0.4 is 4.74 Å². The first-order chi connectivity index (χ1) is 9.47. The van der Waals surface area contributed by atoms with E-state index in [2.05, 4.69) is 53.7 Å². The molecule has 0 N–H and O–H groups in total. The molecule has 0 radical (unpaired) electrons. The van der Waals surface area contributed by atoms with Gasteiger partial charge >= 0.3 is 0 Å². The van der Waals surface area contributed by atoms with Gasteiger partial charge in [0, 0.05) is 30.7 Å². The number of hydrogen-bond donors (Lipinski definition) is 0. The molecule has 4 heteroatoms. The van der Waals surface area contributed by atoms with Crippen LogP contribution in [0, 0.1) is 5.92 Å². The zero-order chi connectivity index (χ0) is 15.0. The van der Waals surface area contributed by atoms with E-state index >= 15 is 0 Å². The van der Waals surface area contributed by atoms with E-state index < -0.39 is 0 Å². The predicted octanol–water partition coefficient (Wildman–Crippen LogP) is 3.35. The van der Waals surface area contributed by atoms with E-state index in [4.69, 9.17) is 4.74 Å². The maximum Gasteiger partial charge on any atom is 0.119 e. The Hall–Kier alpha value is -0.580. The third-order valence-corrected chi connectivity index (χ3v) is 3.51. The van der Waals surface area contributed by atoms with Crippen molar-refractivity contribution in [1.82, 2.24) is 9.80 Å². The van der Waals surface area contributed by atoms with E-state index in [1.165, 1.54) is 0 Å². The molecule has 0 aliphatic rings. The lowest BCUT2D eigenvalue weighted by Crippen LogP contribution is -2.37. The molecule has 0 aromatic heterocycles. The van der Waals surface area contributed by atoms with Gasteiger partial charge in [-0.05, 0) is 44.3 Å². The van der Waals surface area contributed by atoms with Gasteiger partial charge in [0.2, 0.25) is 0 Å². The molecule has 0 aliphatic carbocycles. The summed E-state index contributed by atoms with van der Waals surface area (Å²) >= 11 is 3.43. The summed E-state index contributed by atoms with van der Waals surface area (Å²) in [5, 5.41) is 0. The van der Waals surface area contributed by atoms with Gasteiger partial charge in [0.15, 0.2) is 0 Å². The highest BCUT2D eigenvalue weighted by Gasteiger charge is 2.08. The minimum absolute atomic E-state index is 0.685. The summed E-state index contributed by atoms with van der Waals surface area (Å²) in [6.45, 7) is 9.54. The van der Waals surface area contributed by atoms with Gasteiger partial charge in [-0.25, -0.2) is 0 Å². The third kappa shape index (κ3) is 7.88. The summed E-state index contributed by atoms with van der Waals surface area (Å²) in [5.41, 5.74) is 0. The molecule has 0 amide bonds. The number of ether oxygens (including phenoxy) is 1. The molecule has 0 fully saturated rings. The Bertz CT molecular complexity index is 365. The maximum absolute atomic E-state index is 5.80. The molecule has 114 valence electrons. The van der Waals surface area contributed by atoms with Crippen LogP contribution >= 0.6 is 15.9 Å². The Labute approximate surface area is 132 Å². The zero-order valence-corrected chi connectivity index (χ0v) is 14.7. The second-order valence-corrected chi connectivity index (χ2v) is 6.72. The van der Waals surface area contributed by atoms with E-state index in [1.54, 1.807) is 0 Å². The van der Waals surface area contributed by atoms with Crippen molar-refractivity contribution in [2.45, 2.75) is 13.8 Å². The van der Waals surface area contributed by atoms with Gasteiger partial charge < -0.3 is 9.64 Å². The van der Waals surface area contributed by atoms with Crippen LogP contribution in [0.4, 0.5) is 0 Å². The molecule has 1 aromatic rings. The first-order valence-corrected chi connectivity index (χ1v) is 8.02. The summed E-state index contributed by atoms with van der Waals surface area (Å²) in [6, 6.07) is 8.01. The molecule has 20 heavy (non-hydrogen) atoms. The largest absolute Gasteiger partial charge is 0.492 e. The Kier molecular flexibility index (Phi) is 8.19. The molecule has 0 atom stereocenters. The number of nitrogens with zero attached hydrogens (tertiary/aromatic N) is 2. The molecular weight excluding hydrogens is 316 g/mol. The molecule has 0 aliphatic heterocycles. The first-order valence-electron chi connectivity index (χ1n) is 7.23. The molecule has 1 rings (SSSR count). The van der Waals surface area contributed by atoms with Crippen LogP contribution in [0.5, 0.6) is 5.75 Å². The molecule has 0 saturated carbocycles. The zero-order valence-electron chi connectivity index (χ0n) is 13.1. The lowest BCUT2D eigenvalue weighted by Gasteiger charge is -2.25. The number of halogens is 1. The van der Waals surface area contributed by atoms with Gasteiger partial charge in [-0.2, -0.15) is 0 Å². The van der Waals surface area contributed by atoms with E-state index in [-0.39, 0.29) is 0 Å². The topological polar surface area (TPSA) is 15.7 Å². The van der Waals surface area contributed by atoms with Crippen molar-refractivity contribution >= 4 is 15.9 Å². The SMILES string of the molecule is CC(C)CN(CCOc1ccc(Br)cc1)CCN(C)C. The summed E-state index contributed by atoms with van der Waals surface area (Å²) in [4.78, 5) is 4.70. The number of benzene rings is 1.